The summed E-state index contributed by atoms with van der Waals surface area (Å²) >= 11 is 0. The van der Waals surface area contributed by atoms with Crippen LogP contribution in [0.5, 0.6) is 11.5 Å². The topological polar surface area (TPSA) is 58.6 Å². The first-order valence-electron chi connectivity index (χ1n) is 5.43. The summed E-state index contributed by atoms with van der Waals surface area (Å²) in [6.45, 7) is 2.35. The first-order chi connectivity index (χ1) is 8.17. The summed E-state index contributed by atoms with van der Waals surface area (Å²) in [5, 5.41) is 12.2. The first kappa shape index (κ1) is 13.1. The third-order valence-corrected chi connectivity index (χ3v) is 2.28. The number of carbonyl (C=O) groups is 1. The minimum absolute atomic E-state index is 0.0988. The molecular formula is C13H17NO3. The standard InChI is InChI=1S/C13H17NO3/c1-3-4-13(16)14-8-7-10-5-6-11(15)12(9-10)17-2/h3-6,9,15H,7-8H2,1-2H3,(H,14,16)/b4-3+. The van der Waals surface area contributed by atoms with Crippen LogP contribution in [0.1, 0.15) is 12.5 Å². The monoisotopic (exact) mass is 235 g/mol. The molecule has 0 aromatic heterocycles. The predicted octanol–water partition coefficient (Wildman–Crippen LogP) is 1.64. The molecule has 1 rings (SSSR count). The number of hydrogen-bond donors (Lipinski definition) is 2. The lowest BCUT2D eigenvalue weighted by Crippen LogP contribution is -2.23. The van der Waals surface area contributed by atoms with Crippen LogP contribution >= 0.6 is 0 Å². The Kier molecular flexibility index (Phi) is 5.07. The van der Waals surface area contributed by atoms with E-state index >= 15 is 0 Å². The third kappa shape index (κ3) is 4.18. The van der Waals surface area contributed by atoms with Gasteiger partial charge in [0.2, 0.25) is 5.91 Å². The van der Waals surface area contributed by atoms with Gasteiger partial charge >= 0.3 is 0 Å². The molecule has 0 atom stereocenters. The average molecular weight is 235 g/mol. The molecule has 0 saturated carbocycles. The lowest BCUT2D eigenvalue weighted by atomic mass is 10.1. The van der Waals surface area contributed by atoms with Crippen LogP contribution < -0.4 is 10.1 Å². The molecule has 0 aliphatic rings. The summed E-state index contributed by atoms with van der Waals surface area (Å²) < 4.78 is 5.00. The zero-order valence-corrected chi connectivity index (χ0v) is 10.1. The Hall–Kier alpha value is -1.97. The third-order valence-electron chi connectivity index (χ3n) is 2.28. The Labute approximate surface area is 101 Å². The lowest BCUT2D eigenvalue weighted by Gasteiger charge is -2.07. The summed E-state index contributed by atoms with van der Waals surface area (Å²) in [4.78, 5) is 11.1. The van der Waals surface area contributed by atoms with E-state index in [1.54, 1.807) is 31.2 Å². The van der Waals surface area contributed by atoms with Crippen molar-refractivity contribution in [1.82, 2.24) is 5.32 Å². The van der Waals surface area contributed by atoms with Crippen LogP contribution in [0.25, 0.3) is 0 Å². The number of amides is 1. The van der Waals surface area contributed by atoms with Crippen molar-refractivity contribution in [2.45, 2.75) is 13.3 Å². The molecule has 4 nitrogen and oxygen atoms in total. The highest BCUT2D eigenvalue weighted by Gasteiger charge is 2.02. The summed E-state index contributed by atoms with van der Waals surface area (Å²) in [5.74, 6) is 0.467. The van der Waals surface area contributed by atoms with E-state index < -0.39 is 0 Å². The molecule has 0 aliphatic carbocycles. The van der Waals surface area contributed by atoms with E-state index in [1.165, 1.54) is 13.2 Å². The molecule has 0 radical (unpaired) electrons. The molecule has 92 valence electrons. The second-order valence-corrected chi connectivity index (χ2v) is 3.55. The van der Waals surface area contributed by atoms with Gasteiger partial charge in [-0.25, -0.2) is 0 Å². The van der Waals surface area contributed by atoms with E-state index in [4.69, 9.17) is 4.74 Å². The highest BCUT2D eigenvalue weighted by atomic mass is 16.5. The maximum Gasteiger partial charge on any atom is 0.243 e. The number of hydrogen-bond acceptors (Lipinski definition) is 3. The van der Waals surface area contributed by atoms with Gasteiger partial charge in [-0.3, -0.25) is 4.79 Å². The van der Waals surface area contributed by atoms with E-state index in [1.807, 2.05) is 0 Å². The van der Waals surface area contributed by atoms with Crippen molar-refractivity contribution in [1.29, 1.82) is 0 Å². The summed E-state index contributed by atoms with van der Waals surface area (Å²) in [5.41, 5.74) is 1.00. The molecule has 1 aromatic carbocycles. The van der Waals surface area contributed by atoms with Crippen LogP contribution in [0.3, 0.4) is 0 Å². The maximum atomic E-state index is 11.1. The first-order valence-corrected chi connectivity index (χ1v) is 5.43. The van der Waals surface area contributed by atoms with Crippen LogP contribution in [0, 0.1) is 0 Å². The zero-order valence-electron chi connectivity index (χ0n) is 10.1. The average Bonchev–Trinajstić information content (AvgIpc) is 2.31. The van der Waals surface area contributed by atoms with E-state index in [0.29, 0.717) is 18.7 Å². The van der Waals surface area contributed by atoms with Crippen molar-refractivity contribution in [2.24, 2.45) is 0 Å². The smallest absolute Gasteiger partial charge is 0.243 e. The number of phenols is 1. The summed E-state index contributed by atoms with van der Waals surface area (Å²) in [7, 11) is 1.51. The fourth-order valence-electron chi connectivity index (χ4n) is 1.42. The number of carbonyl (C=O) groups excluding carboxylic acids is 1. The number of aromatic hydroxyl groups is 1. The van der Waals surface area contributed by atoms with Gasteiger partial charge in [0.1, 0.15) is 0 Å². The molecule has 0 unspecified atom stereocenters. The van der Waals surface area contributed by atoms with Crippen molar-refractivity contribution in [3.63, 3.8) is 0 Å². The normalized spacial score (nSPS) is 10.5. The van der Waals surface area contributed by atoms with E-state index in [0.717, 1.165) is 5.56 Å². The van der Waals surface area contributed by atoms with Crippen molar-refractivity contribution < 1.29 is 14.6 Å². The van der Waals surface area contributed by atoms with E-state index in [2.05, 4.69) is 5.32 Å². The van der Waals surface area contributed by atoms with Gasteiger partial charge < -0.3 is 15.2 Å². The van der Waals surface area contributed by atoms with Gasteiger partial charge in [-0.15, -0.1) is 0 Å². The molecule has 0 bridgehead atoms. The van der Waals surface area contributed by atoms with Crippen molar-refractivity contribution in [2.75, 3.05) is 13.7 Å². The van der Waals surface area contributed by atoms with Gasteiger partial charge in [-0.2, -0.15) is 0 Å². The molecule has 0 aliphatic heterocycles. The Balaban J connectivity index is 2.49. The fraction of sp³-hybridized carbons (Fsp3) is 0.308. The van der Waals surface area contributed by atoms with Crippen LogP contribution in [-0.4, -0.2) is 24.7 Å². The van der Waals surface area contributed by atoms with Crippen LogP contribution in [0.15, 0.2) is 30.4 Å². The molecule has 1 aromatic rings. The van der Waals surface area contributed by atoms with Gasteiger partial charge in [-0.1, -0.05) is 12.1 Å². The van der Waals surface area contributed by atoms with Crippen LogP contribution in [0.4, 0.5) is 0 Å². The molecule has 0 fully saturated rings. The number of ether oxygens (including phenoxy) is 1. The van der Waals surface area contributed by atoms with E-state index in [9.17, 15) is 9.90 Å². The van der Waals surface area contributed by atoms with Gasteiger partial charge in [-0.05, 0) is 37.1 Å². The van der Waals surface area contributed by atoms with E-state index in [-0.39, 0.29) is 11.7 Å². The number of allylic oxidation sites excluding steroid dienone is 1. The predicted molar refractivity (Wildman–Crippen MR) is 66.2 cm³/mol. The molecule has 17 heavy (non-hydrogen) atoms. The largest absolute Gasteiger partial charge is 0.504 e. The summed E-state index contributed by atoms with van der Waals surface area (Å²) in [6, 6.07) is 5.15. The number of benzene rings is 1. The summed E-state index contributed by atoms with van der Waals surface area (Å²) in [6.07, 6.45) is 3.87. The Bertz CT molecular complexity index is 413. The molecular weight excluding hydrogens is 218 g/mol. The molecule has 1 amide bonds. The molecule has 0 spiro atoms. The highest BCUT2D eigenvalue weighted by Crippen LogP contribution is 2.26. The highest BCUT2D eigenvalue weighted by molar-refractivity contribution is 5.87. The zero-order chi connectivity index (χ0) is 12.7. The van der Waals surface area contributed by atoms with Crippen LogP contribution in [-0.2, 0) is 11.2 Å². The minimum Gasteiger partial charge on any atom is -0.504 e. The Morgan fingerprint density at radius 2 is 2.29 bits per heavy atom. The second kappa shape index (κ2) is 6.58. The number of phenolic OH excluding ortho intramolecular Hbond substituents is 1. The second-order valence-electron chi connectivity index (χ2n) is 3.55. The maximum absolute atomic E-state index is 11.1. The van der Waals surface area contributed by atoms with Crippen molar-refractivity contribution >= 4 is 5.91 Å². The SMILES string of the molecule is C/C=C/C(=O)NCCc1ccc(O)c(OC)c1. The van der Waals surface area contributed by atoms with Gasteiger partial charge in [0.25, 0.3) is 0 Å². The van der Waals surface area contributed by atoms with Gasteiger partial charge in [0, 0.05) is 6.54 Å². The van der Waals surface area contributed by atoms with Crippen LogP contribution in [0.2, 0.25) is 0 Å². The van der Waals surface area contributed by atoms with Crippen molar-refractivity contribution in [3.05, 3.63) is 35.9 Å². The quantitative estimate of drug-likeness (QED) is 0.763. The minimum atomic E-state index is -0.0988. The number of nitrogens with one attached hydrogen (secondary N) is 1. The van der Waals surface area contributed by atoms with Gasteiger partial charge in [0.15, 0.2) is 11.5 Å². The molecule has 4 heteroatoms. The molecule has 0 saturated heterocycles. The fourth-order valence-corrected chi connectivity index (χ4v) is 1.42. The lowest BCUT2D eigenvalue weighted by molar-refractivity contribution is -0.116. The van der Waals surface area contributed by atoms with Gasteiger partial charge in [0.05, 0.1) is 7.11 Å². The Morgan fingerprint density at radius 3 is 2.94 bits per heavy atom. The van der Waals surface area contributed by atoms with Crippen molar-refractivity contribution in [3.8, 4) is 11.5 Å². The Morgan fingerprint density at radius 1 is 1.53 bits per heavy atom. The molecule has 0 heterocycles. The number of rotatable bonds is 5. The number of methoxy groups -OCH3 is 1. The molecule has 2 N–H and O–H groups in total.